The maximum atomic E-state index is 10.4. The predicted octanol–water partition coefficient (Wildman–Crippen LogP) is -1.55. The summed E-state index contributed by atoms with van der Waals surface area (Å²) in [6, 6.07) is 0. The molecule has 0 spiro atoms. The van der Waals surface area contributed by atoms with Crippen LogP contribution in [-0.2, 0) is 9.59 Å². The lowest BCUT2D eigenvalue weighted by Gasteiger charge is -2.07. The molecule has 0 bridgehead atoms. The van der Waals surface area contributed by atoms with E-state index in [1.54, 1.807) is 6.92 Å². The van der Waals surface area contributed by atoms with Crippen LogP contribution in [0.1, 0.15) is 6.92 Å². The van der Waals surface area contributed by atoms with Gasteiger partial charge >= 0.3 is 5.97 Å². The molecule has 14 heavy (non-hydrogen) atoms. The van der Waals surface area contributed by atoms with Gasteiger partial charge in [0, 0.05) is 19.2 Å². The van der Waals surface area contributed by atoms with Gasteiger partial charge in [-0.25, -0.2) is 4.79 Å². The van der Waals surface area contributed by atoms with Crippen molar-refractivity contribution in [1.82, 2.24) is 5.32 Å². The number of carboxylic acid groups (broad SMARTS) is 1. The molecule has 1 atom stereocenters. The average molecular weight is 202 g/mol. The fraction of sp³-hybridized carbons (Fsp3) is 0.500. The molecule has 0 aromatic carbocycles. The van der Waals surface area contributed by atoms with Crippen LogP contribution in [0.4, 0.5) is 0 Å². The van der Waals surface area contributed by atoms with Gasteiger partial charge < -0.3 is 21.3 Å². The number of aliphatic hydroxyl groups excluding tert-OH is 1. The molecule has 0 aromatic rings. The molecule has 0 aliphatic carbocycles. The monoisotopic (exact) mass is 202 g/mol. The van der Waals surface area contributed by atoms with Gasteiger partial charge in [0.1, 0.15) is 6.10 Å². The minimum Gasteiger partial charge on any atom is -0.478 e. The van der Waals surface area contributed by atoms with E-state index in [2.05, 4.69) is 5.32 Å². The highest BCUT2D eigenvalue weighted by atomic mass is 16.4. The zero-order chi connectivity index (χ0) is 11.1. The van der Waals surface area contributed by atoms with E-state index < -0.39 is 18.0 Å². The number of nitrogens with two attached hydrogens (primary N) is 1. The van der Waals surface area contributed by atoms with E-state index in [0.717, 1.165) is 6.08 Å². The summed E-state index contributed by atoms with van der Waals surface area (Å²) in [7, 11) is 0. The first-order valence-corrected chi connectivity index (χ1v) is 4.01. The number of aliphatic hydroxyl groups is 1. The fourth-order valence-electron chi connectivity index (χ4n) is 0.768. The molecule has 5 N–H and O–H groups in total. The second-order valence-electron chi connectivity index (χ2n) is 2.88. The lowest BCUT2D eigenvalue weighted by atomic mass is 10.2. The van der Waals surface area contributed by atoms with Crippen molar-refractivity contribution in [3.63, 3.8) is 0 Å². The molecule has 0 heterocycles. The number of aliphatic carboxylic acids is 1. The first-order valence-electron chi connectivity index (χ1n) is 4.01. The molecule has 0 radical (unpaired) electrons. The third kappa shape index (κ3) is 6.15. The maximum absolute atomic E-state index is 10.4. The lowest BCUT2D eigenvalue weighted by molar-refractivity contribution is -0.131. The van der Waals surface area contributed by atoms with Crippen molar-refractivity contribution in [3.05, 3.63) is 11.6 Å². The van der Waals surface area contributed by atoms with Crippen molar-refractivity contribution >= 4 is 11.9 Å². The van der Waals surface area contributed by atoms with Gasteiger partial charge in [0.2, 0.25) is 5.91 Å². The van der Waals surface area contributed by atoms with Crippen LogP contribution in [0.15, 0.2) is 11.6 Å². The summed E-state index contributed by atoms with van der Waals surface area (Å²) in [5.74, 6) is -1.84. The van der Waals surface area contributed by atoms with E-state index in [4.69, 9.17) is 15.9 Å². The van der Waals surface area contributed by atoms with Crippen molar-refractivity contribution in [2.45, 2.75) is 13.0 Å². The van der Waals surface area contributed by atoms with E-state index >= 15 is 0 Å². The minimum atomic E-state index is -1.24. The standard InChI is InChI=1S/C8H14N2O4/c1-5(2-7(12)13)3-10-4-6(11)8(9)14/h2,6,10-11H,3-4H2,1H3,(H2,9,14)(H,12,13). The Kier molecular flexibility index (Phi) is 5.50. The second-order valence-corrected chi connectivity index (χ2v) is 2.88. The van der Waals surface area contributed by atoms with Crippen LogP contribution >= 0.6 is 0 Å². The Balaban J connectivity index is 3.74. The third-order valence-corrected chi connectivity index (χ3v) is 1.44. The number of hydrogen-bond donors (Lipinski definition) is 4. The zero-order valence-corrected chi connectivity index (χ0v) is 7.86. The largest absolute Gasteiger partial charge is 0.478 e. The van der Waals surface area contributed by atoms with E-state index in [-0.39, 0.29) is 13.1 Å². The smallest absolute Gasteiger partial charge is 0.328 e. The van der Waals surface area contributed by atoms with Gasteiger partial charge in [0.15, 0.2) is 0 Å². The van der Waals surface area contributed by atoms with Crippen LogP contribution in [-0.4, -0.2) is 41.3 Å². The highest BCUT2D eigenvalue weighted by Gasteiger charge is 2.09. The van der Waals surface area contributed by atoms with Crippen molar-refractivity contribution in [2.24, 2.45) is 5.73 Å². The highest BCUT2D eigenvalue weighted by molar-refractivity contribution is 5.80. The van der Waals surface area contributed by atoms with Crippen molar-refractivity contribution in [2.75, 3.05) is 13.1 Å². The van der Waals surface area contributed by atoms with E-state index in [0.29, 0.717) is 5.57 Å². The second kappa shape index (κ2) is 6.11. The summed E-state index contributed by atoms with van der Waals surface area (Å²) in [5, 5.41) is 20.0. The number of carbonyl (C=O) groups is 2. The molecule has 80 valence electrons. The number of hydrogen-bond acceptors (Lipinski definition) is 4. The Labute approximate surface area is 81.4 Å². The zero-order valence-electron chi connectivity index (χ0n) is 7.86. The average Bonchev–Trinajstić information content (AvgIpc) is 2.02. The fourth-order valence-corrected chi connectivity index (χ4v) is 0.768. The Morgan fingerprint density at radius 2 is 2.14 bits per heavy atom. The molecule has 6 heteroatoms. The molecule has 0 saturated heterocycles. The first-order chi connectivity index (χ1) is 6.43. The normalized spacial score (nSPS) is 13.7. The summed E-state index contributed by atoms with van der Waals surface area (Å²) in [5.41, 5.74) is 5.39. The van der Waals surface area contributed by atoms with Gasteiger partial charge in [-0.2, -0.15) is 0 Å². The van der Waals surface area contributed by atoms with E-state index in [1.807, 2.05) is 0 Å². The van der Waals surface area contributed by atoms with Crippen LogP contribution in [0.25, 0.3) is 0 Å². The molecule has 0 saturated carbocycles. The molecular weight excluding hydrogens is 188 g/mol. The highest BCUT2D eigenvalue weighted by Crippen LogP contribution is 1.89. The quantitative estimate of drug-likeness (QED) is 0.390. The van der Waals surface area contributed by atoms with Crippen LogP contribution in [0.2, 0.25) is 0 Å². The Bertz CT molecular complexity index is 250. The van der Waals surface area contributed by atoms with Gasteiger partial charge in [-0.1, -0.05) is 5.57 Å². The first kappa shape index (κ1) is 12.6. The van der Waals surface area contributed by atoms with Gasteiger partial charge in [-0.05, 0) is 6.92 Å². The van der Waals surface area contributed by atoms with Crippen molar-refractivity contribution in [3.8, 4) is 0 Å². The van der Waals surface area contributed by atoms with Crippen LogP contribution in [0.5, 0.6) is 0 Å². The molecule has 0 rings (SSSR count). The maximum Gasteiger partial charge on any atom is 0.328 e. The number of amides is 1. The Morgan fingerprint density at radius 3 is 2.57 bits per heavy atom. The molecule has 0 aliphatic rings. The topological polar surface area (TPSA) is 113 Å². The molecule has 0 aromatic heterocycles. The summed E-state index contributed by atoms with van der Waals surface area (Å²) in [6.07, 6.45) is -0.198. The third-order valence-electron chi connectivity index (χ3n) is 1.44. The number of primary amides is 1. The van der Waals surface area contributed by atoms with Crippen LogP contribution in [0.3, 0.4) is 0 Å². The predicted molar refractivity (Wildman–Crippen MR) is 49.5 cm³/mol. The summed E-state index contributed by atoms with van der Waals surface area (Å²) < 4.78 is 0. The van der Waals surface area contributed by atoms with E-state index in [1.165, 1.54) is 0 Å². The minimum absolute atomic E-state index is 0.0140. The molecular formula is C8H14N2O4. The number of carboxylic acids is 1. The van der Waals surface area contributed by atoms with E-state index in [9.17, 15) is 9.59 Å². The lowest BCUT2D eigenvalue weighted by Crippen LogP contribution is -2.38. The number of nitrogens with one attached hydrogen (secondary N) is 1. The number of carbonyl (C=O) groups excluding carboxylic acids is 1. The van der Waals surface area contributed by atoms with Gasteiger partial charge in [-0.3, -0.25) is 4.79 Å². The molecule has 0 fully saturated rings. The summed E-state index contributed by atoms with van der Waals surface area (Å²) >= 11 is 0. The molecule has 1 amide bonds. The van der Waals surface area contributed by atoms with Gasteiger partial charge in [0.05, 0.1) is 0 Å². The Hall–Kier alpha value is -1.40. The van der Waals surface area contributed by atoms with Crippen molar-refractivity contribution in [1.29, 1.82) is 0 Å². The van der Waals surface area contributed by atoms with Crippen LogP contribution in [0, 0.1) is 0 Å². The van der Waals surface area contributed by atoms with Crippen LogP contribution < -0.4 is 11.1 Å². The van der Waals surface area contributed by atoms with Crippen molar-refractivity contribution < 1.29 is 19.8 Å². The summed E-state index contributed by atoms with van der Waals surface area (Å²) in [6.45, 7) is 1.93. The SMILES string of the molecule is CC(=CC(=O)O)CNCC(O)C(N)=O. The van der Waals surface area contributed by atoms with Gasteiger partial charge in [0.25, 0.3) is 0 Å². The summed E-state index contributed by atoms with van der Waals surface area (Å²) in [4.78, 5) is 20.6. The van der Waals surface area contributed by atoms with Gasteiger partial charge in [-0.15, -0.1) is 0 Å². The molecule has 1 unspecified atom stereocenters. The Morgan fingerprint density at radius 1 is 1.57 bits per heavy atom. The molecule has 6 nitrogen and oxygen atoms in total. The number of rotatable bonds is 6. The molecule has 0 aliphatic heterocycles.